The molecule has 0 atom stereocenters. The van der Waals surface area contributed by atoms with Gasteiger partial charge in [-0.2, -0.15) is 0 Å². The van der Waals surface area contributed by atoms with Gasteiger partial charge in [0.15, 0.2) is 5.78 Å². The average molecular weight is 312 g/mol. The molecule has 0 fully saturated rings. The first-order chi connectivity index (χ1) is 11.0. The monoisotopic (exact) mass is 312 g/mol. The summed E-state index contributed by atoms with van der Waals surface area (Å²) in [5.74, 6) is 0.697. The SMILES string of the molecule is CC(=O)c1c(-c2ccc(F)cc2)oc2ccc(OC(C)C)cc12. The molecule has 4 heteroatoms. The lowest BCUT2D eigenvalue weighted by molar-refractivity contribution is 0.101. The molecule has 0 aliphatic rings. The summed E-state index contributed by atoms with van der Waals surface area (Å²) < 4.78 is 24.7. The van der Waals surface area contributed by atoms with Crippen molar-refractivity contribution in [3.8, 4) is 17.1 Å². The van der Waals surface area contributed by atoms with Gasteiger partial charge in [0, 0.05) is 10.9 Å². The van der Waals surface area contributed by atoms with Gasteiger partial charge in [0.2, 0.25) is 0 Å². The Labute approximate surface area is 133 Å². The van der Waals surface area contributed by atoms with Crippen molar-refractivity contribution in [1.29, 1.82) is 0 Å². The number of rotatable bonds is 4. The zero-order chi connectivity index (χ0) is 16.6. The lowest BCUT2D eigenvalue weighted by Gasteiger charge is -2.09. The van der Waals surface area contributed by atoms with E-state index in [9.17, 15) is 9.18 Å². The van der Waals surface area contributed by atoms with Crippen molar-refractivity contribution in [3.63, 3.8) is 0 Å². The van der Waals surface area contributed by atoms with Crippen LogP contribution in [0, 0.1) is 5.82 Å². The van der Waals surface area contributed by atoms with Crippen LogP contribution in [0.1, 0.15) is 31.1 Å². The molecule has 0 unspecified atom stereocenters. The Bertz CT molecular complexity index is 860. The van der Waals surface area contributed by atoms with Crippen LogP contribution in [0.15, 0.2) is 46.9 Å². The number of carbonyl (C=O) groups is 1. The van der Waals surface area contributed by atoms with Gasteiger partial charge in [0.25, 0.3) is 0 Å². The molecule has 0 radical (unpaired) electrons. The number of halogens is 1. The van der Waals surface area contributed by atoms with Gasteiger partial charge in [-0.1, -0.05) is 0 Å². The fourth-order valence-electron chi connectivity index (χ4n) is 2.58. The second-order valence-corrected chi connectivity index (χ2v) is 5.69. The summed E-state index contributed by atoms with van der Waals surface area (Å²) in [6, 6.07) is 11.3. The number of benzene rings is 2. The van der Waals surface area contributed by atoms with Crippen molar-refractivity contribution in [2.24, 2.45) is 0 Å². The third-order valence-electron chi connectivity index (χ3n) is 3.49. The summed E-state index contributed by atoms with van der Waals surface area (Å²) in [5, 5.41) is 0.704. The van der Waals surface area contributed by atoms with Crippen LogP contribution in [-0.4, -0.2) is 11.9 Å². The minimum Gasteiger partial charge on any atom is -0.491 e. The lowest BCUT2D eigenvalue weighted by Crippen LogP contribution is -2.05. The highest BCUT2D eigenvalue weighted by molar-refractivity contribution is 6.11. The molecule has 0 saturated heterocycles. The van der Waals surface area contributed by atoms with Crippen molar-refractivity contribution in [2.75, 3.05) is 0 Å². The minimum atomic E-state index is -0.332. The maximum atomic E-state index is 13.1. The van der Waals surface area contributed by atoms with Crippen molar-refractivity contribution in [3.05, 3.63) is 53.8 Å². The normalized spacial score (nSPS) is 11.2. The molecule has 0 N–H and O–H groups in total. The largest absolute Gasteiger partial charge is 0.491 e. The van der Waals surface area contributed by atoms with Crippen LogP contribution in [-0.2, 0) is 0 Å². The van der Waals surface area contributed by atoms with Gasteiger partial charge in [-0.05, 0) is 63.2 Å². The summed E-state index contributed by atoms with van der Waals surface area (Å²) in [7, 11) is 0. The highest BCUT2D eigenvalue weighted by atomic mass is 19.1. The summed E-state index contributed by atoms with van der Waals surface area (Å²) in [6.07, 6.45) is 0.0386. The van der Waals surface area contributed by atoms with Gasteiger partial charge in [0.05, 0.1) is 11.7 Å². The summed E-state index contributed by atoms with van der Waals surface area (Å²) in [5.41, 5.74) is 1.76. The second kappa shape index (κ2) is 5.88. The summed E-state index contributed by atoms with van der Waals surface area (Å²) in [4.78, 5) is 12.1. The molecule has 1 heterocycles. The van der Waals surface area contributed by atoms with Crippen molar-refractivity contribution >= 4 is 16.8 Å². The molecular weight excluding hydrogens is 295 g/mol. The van der Waals surface area contributed by atoms with E-state index in [0.29, 0.717) is 33.6 Å². The third-order valence-corrected chi connectivity index (χ3v) is 3.49. The van der Waals surface area contributed by atoms with Crippen LogP contribution in [0.5, 0.6) is 5.75 Å². The minimum absolute atomic E-state index is 0.0386. The zero-order valence-electron chi connectivity index (χ0n) is 13.2. The molecule has 3 aromatic rings. The van der Waals surface area contributed by atoms with E-state index in [1.165, 1.54) is 19.1 Å². The van der Waals surface area contributed by atoms with E-state index >= 15 is 0 Å². The Morgan fingerprint density at radius 3 is 2.43 bits per heavy atom. The Balaban J connectivity index is 2.20. The highest BCUT2D eigenvalue weighted by Crippen LogP contribution is 2.36. The predicted octanol–water partition coefficient (Wildman–Crippen LogP) is 5.23. The maximum absolute atomic E-state index is 13.1. The number of fused-ring (bicyclic) bond motifs is 1. The molecule has 2 aromatic carbocycles. The molecule has 1 aromatic heterocycles. The number of Topliss-reactive ketones (excluding diaryl/α,β-unsaturated/α-hetero) is 1. The van der Waals surface area contributed by atoms with Crippen LogP contribution in [0.4, 0.5) is 4.39 Å². The maximum Gasteiger partial charge on any atom is 0.164 e. The first-order valence-corrected chi connectivity index (χ1v) is 7.46. The number of ether oxygens (including phenoxy) is 1. The van der Waals surface area contributed by atoms with Gasteiger partial charge in [-0.15, -0.1) is 0 Å². The number of carbonyl (C=O) groups excluding carboxylic acids is 1. The Kier molecular flexibility index (Phi) is 3.90. The van der Waals surface area contributed by atoms with E-state index in [-0.39, 0.29) is 17.7 Å². The van der Waals surface area contributed by atoms with Crippen LogP contribution in [0.2, 0.25) is 0 Å². The third kappa shape index (κ3) is 2.97. The summed E-state index contributed by atoms with van der Waals surface area (Å²) in [6.45, 7) is 5.37. The van der Waals surface area contributed by atoms with Gasteiger partial charge < -0.3 is 9.15 Å². The Morgan fingerprint density at radius 1 is 1.13 bits per heavy atom. The number of hydrogen-bond donors (Lipinski definition) is 0. The first kappa shape index (κ1) is 15.3. The van der Waals surface area contributed by atoms with Gasteiger partial charge in [-0.25, -0.2) is 4.39 Å². The van der Waals surface area contributed by atoms with E-state index in [4.69, 9.17) is 9.15 Å². The van der Waals surface area contributed by atoms with Crippen LogP contribution >= 0.6 is 0 Å². The molecule has 3 nitrogen and oxygen atoms in total. The molecule has 0 aliphatic heterocycles. The zero-order valence-corrected chi connectivity index (χ0v) is 13.2. The first-order valence-electron chi connectivity index (χ1n) is 7.46. The average Bonchev–Trinajstić information content (AvgIpc) is 2.86. The Morgan fingerprint density at radius 2 is 1.83 bits per heavy atom. The molecule has 0 bridgehead atoms. The van der Waals surface area contributed by atoms with Crippen molar-refractivity contribution < 1.29 is 18.3 Å². The van der Waals surface area contributed by atoms with E-state index in [0.717, 1.165) is 0 Å². The van der Waals surface area contributed by atoms with Gasteiger partial charge in [-0.3, -0.25) is 4.79 Å². The smallest absolute Gasteiger partial charge is 0.164 e. The highest BCUT2D eigenvalue weighted by Gasteiger charge is 2.20. The number of hydrogen-bond acceptors (Lipinski definition) is 3. The van der Waals surface area contributed by atoms with Crippen LogP contribution < -0.4 is 4.74 Å². The molecular formula is C19H17FO3. The molecule has 118 valence electrons. The van der Waals surface area contributed by atoms with E-state index in [1.54, 1.807) is 18.2 Å². The predicted molar refractivity (Wildman–Crippen MR) is 87.4 cm³/mol. The van der Waals surface area contributed by atoms with Gasteiger partial charge >= 0.3 is 0 Å². The van der Waals surface area contributed by atoms with E-state index in [2.05, 4.69) is 0 Å². The topological polar surface area (TPSA) is 39.4 Å². The van der Waals surface area contributed by atoms with Gasteiger partial charge in [0.1, 0.15) is 22.9 Å². The number of furan rings is 1. The fourth-order valence-corrected chi connectivity index (χ4v) is 2.58. The standard InChI is InChI=1S/C19H17FO3/c1-11(2)22-15-8-9-17-16(10-15)18(12(3)21)19(23-17)13-4-6-14(20)7-5-13/h4-11H,1-3H3. The lowest BCUT2D eigenvalue weighted by atomic mass is 10.0. The molecule has 0 amide bonds. The molecule has 0 saturated carbocycles. The molecule has 23 heavy (non-hydrogen) atoms. The fraction of sp³-hybridized carbons (Fsp3) is 0.211. The van der Waals surface area contributed by atoms with Crippen molar-refractivity contribution in [2.45, 2.75) is 26.9 Å². The molecule has 3 rings (SSSR count). The summed E-state index contributed by atoms with van der Waals surface area (Å²) >= 11 is 0. The van der Waals surface area contributed by atoms with Crippen molar-refractivity contribution in [1.82, 2.24) is 0 Å². The quantitative estimate of drug-likeness (QED) is 0.619. The Hall–Kier alpha value is -2.62. The van der Waals surface area contributed by atoms with Crippen LogP contribution in [0.25, 0.3) is 22.3 Å². The molecule has 0 spiro atoms. The van der Waals surface area contributed by atoms with Crippen LogP contribution in [0.3, 0.4) is 0 Å². The molecule has 0 aliphatic carbocycles. The van der Waals surface area contributed by atoms with E-state index in [1.807, 2.05) is 26.0 Å². The second-order valence-electron chi connectivity index (χ2n) is 5.69. The number of ketones is 1. The van der Waals surface area contributed by atoms with E-state index < -0.39 is 0 Å².